The molecule has 0 spiro atoms. The van der Waals surface area contributed by atoms with Gasteiger partial charge in [0, 0.05) is 24.9 Å². The van der Waals surface area contributed by atoms with Crippen molar-refractivity contribution in [3.8, 4) is 0 Å². The van der Waals surface area contributed by atoms with Crippen molar-refractivity contribution >= 4 is 11.9 Å². The largest absolute Gasteiger partial charge is 0.462 e. The van der Waals surface area contributed by atoms with Gasteiger partial charge in [0.15, 0.2) is 0 Å². The fourth-order valence-corrected chi connectivity index (χ4v) is 3.24. The Balaban J connectivity index is 1.87. The minimum Gasteiger partial charge on any atom is -0.462 e. The molecule has 0 aromatic rings. The molecule has 3 rings (SSSR count). The summed E-state index contributed by atoms with van der Waals surface area (Å²) in [5.74, 6) is 0.456. The molecule has 1 amide bonds. The van der Waals surface area contributed by atoms with Crippen molar-refractivity contribution in [2.24, 2.45) is 5.92 Å². The molecule has 3 heterocycles. The number of hydrogen-bond acceptors (Lipinski definition) is 3. The quantitative estimate of drug-likeness (QED) is 0.552. The van der Waals surface area contributed by atoms with Gasteiger partial charge in [-0.25, -0.2) is 0 Å². The lowest BCUT2D eigenvalue weighted by Gasteiger charge is -2.27. The van der Waals surface area contributed by atoms with Crippen molar-refractivity contribution in [1.82, 2.24) is 4.90 Å². The molecule has 0 aromatic heterocycles. The number of rotatable bonds is 0. The van der Waals surface area contributed by atoms with Crippen molar-refractivity contribution in [2.45, 2.75) is 44.2 Å². The third-order valence-electron chi connectivity index (χ3n) is 3.92. The van der Waals surface area contributed by atoms with Crippen molar-refractivity contribution < 1.29 is 14.3 Å². The molecule has 82 valence electrons. The van der Waals surface area contributed by atoms with Crippen LogP contribution >= 0.6 is 0 Å². The maximum absolute atomic E-state index is 11.6. The predicted molar refractivity (Wildman–Crippen MR) is 52.0 cm³/mol. The summed E-state index contributed by atoms with van der Waals surface area (Å²) in [5, 5.41) is 0. The van der Waals surface area contributed by atoms with Crippen LogP contribution in [0.4, 0.5) is 0 Å². The summed E-state index contributed by atoms with van der Waals surface area (Å²) < 4.78 is 5.31. The van der Waals surface area contributed by atoms with E-state index in [0.717, 1.165) is 25.8 Å². The fraction of sp³-hybridized carbons (Fsp3) is 0.818. The predicted octanol–water partition coefficient (Wildman–Crippen LogP) is 0.703. The van der Waals surface area contributed by atoms with Crippen LogP contribution in [0.15, 0.2) is 0 Å². The maximum Gasteiger partial charge on any atom is 0.306 e. The molecule has 0 N–H and O–H groups in total. The van der Waals surface area contributed by atoms with Gasteiger partial charge in [0.2, 0.25) is 5.91 Å². The monoisotopic (exact) mass is 209 g/mol. The second-order valence-electron chi connectivity index (χ2n) is 4.73. The topological polar surface area (TPSA) is 46.6 Å². The maximum atomic E-state index is 11.6. The third kappa shape index (κ3) is 1.34. The fourth-order valence-electron chi connectivity index (χ4n) is 3.24. The first-order valence-electron chi connectivity index (χ1n) is 5.74. The smallest absolute Gasteiger partial charge is 0.306 e. The summed E-state index contributed by atoms with van der Waals surface area (Å²) in [7, 11) is 0. The Morgan fingerprint density at radius 2 is 2.13 bits per heavy atom. The lowest BCUT2D eigenvalue weighted by atomic mass is 9.90. The van der Waals surface area contributed by atoms with Crippen LogP contribution in [0.3, 0.4) is 0 Å². The number of fused-ring (bicyclic) bond motifs is 3. The van der Waals surface area contributed by atoms with Gasteiger partial charge in [0.05, 0.1) is 6.42 Å². The Kier molecular flexibility index (Phi) is 1.97. The Labute approximate surface area is 88.6 Å². The molecule has 0 aromatic carbocycles. The molecule has 0 bridgehead atoms. The van der Waals surface area contributed by atoms with Crippen LogP contribution in [0.25, 0.3) is 0 Å². The minimum absolute atomic E-state index is 0.0776. The van der Waals surface area contributed by atoms with E-state index in [1.54, 1.807) is 0 Å². The number of ether oxygens (including phenoxy) is 1. The highest BCUT2D eigenvalue weighted by Crippen LogP contribution is 2.38. The van der Waals surface area contributed by atoms with Gasteiger partial charge in [0.25, 0.3) is 0 Å². The van der Waals surface area contributed by atoms with E-state index in [2.05, 4.69) is 0 Å². The van der Waals surface area contributed by atoms with Crippen molar-refractivity contribution in [3.05, 3.63) is 0 Å². The van der Waals surface area contributed by atoms with Gasteiger partial charge < -0.3 is 9.64 Å². The van der Waals surface area contributed by atoms with Crippen LogP contribution in [0.2, 0.25) is 0 Å². The highest BCUT2D eigenvalue weighted by molar-refractivity contribution is 5.79. The molecule has 0 unspecified atom stereocenters. The zero-order valence-electron chi connectivity index (χ0n) is 8.65. The molecule has 4 heteroatoms. The van der Waals surface area contributed by atoms with Crippen molar-refractivity contribution in [1.29, 1.82) is 0 Å². The van der Waals surface area contributed by atoms with Crippen LogP contribution in [0, 0.1) is 5.92 Å². The van der Waals surface area contributed by atoms with E-state index in [9.17, 15) is 9.59 Å². The zero-order valence-corrected chi connectivity index (χ0v) is 8.65. The number of esters is 1. The van der Waals surface area contributed by atoms with E-state index in [0.29, 0.717) is 12.8 Å². The van der Waals surface area contributed by atoms with Crippen LogP contribution in [-0.2, 0) is 14.3 Å². The summed E-state index contributed by atoms with van der Waals surface area (Å²) in [6.45, 7) is 0.855. The van der Waals surface area contributed by atoms with E-state index in [-0.39, 0.29) is 29.9 Å². The summed E-state index contributed by atoms with van der Waals surface area (Å²) in [6, 6.07) is 0.274. The Bertz CT molecular complexity index is 315. The number of hydrogen-bond donors (Lipinski definition) is 0. The zero-order chi connectivity index (χ0) is 10.4. The highest BCUT2D eigenvalue weighted by Gasteiger charge is 2.47. The molecule has 3 fully saturated rings. The third-order valence-corrected chi connectivity index (χ3v) is 3.92. The van der Waals surface area contributed by atoms with Gasteiger partial charge in [0.1, 0.15) is 6.10 Å². The normalized spacial score (nSPS) is 39.7. The standard InChI is InChI=1S/C11H15NO3/c13-10-4-3-8-7-6-11(14)15-9(7)2-1-5-12(8)10/h7-9H,1-6H2/t7-,8-,9+/m0/s1. The summed E-state index contributed by atoms with van der Waals surface area (Å²) in [6.07, 6.45) is 4.06. The van der Waals surface area contributed by atoms with E-state index in [4.69, 9.17) is 4.74 Å². The Morgan fingerprint density at radius 1 is 1.27 bits per heavy atom. The average molecular weight is 209 g/mol. The molecule has 15 heavy (non-hydrogen) atoms. The second kappa shape index (κ2) is 3.22. The molecule has 0 saturated carbocycles. The molecule has 3 aliphatic rings. The van der Waals surface area contributed by atoms with Crippen LogP contribution in [0.5, 0.6) is 0 Å². The van der Waals surface area contributed by atoms with Gasteiger partial charge in [-0.2, -0.15) is 0 Å². The van der Waals surface area contributed by atoms with Crippen LogP contribution < -0.4 is 0 Å². The average Bonchev–Trinajstić information content (AvgIpc) is 2.68. The van der Waals surface area contributed by atoms with Crippen LogP contribution in [0.1, 0.15) is 32.1 Å². The lowest BCUT2D eigenvalue weighted by molar-refractivity contribution is -0.141. The van der Waals surface area contributed by atoms with Gasteiger partial charge in [-0.1, -0.05) is 0 Å². The first-order valence-corrected chi connectivity index (χ1v) is 5.74. The number of carbonyl (C=O) groups excluding carboxylic acids is 2. The number of carbonyl (C=O) groups is 2. The van der Waals surface area contributed by atoms with Gasteiger partial charge >= 0.3 is 5.97 Å². The highest BCUT2D eigenvalue weighted by atomic mass is 16.5. The molecule has 3 aliphatic heterocycles. The lowest BCUT2D eigenvalue weighted by Crippen LogP contribution is -2.38. The van der Waals surface area contributed by atoms with Gasteiger partial charge in [-0.15, -0.1) is 0 Å². The van der Waals surface area contributed by atoms with E-state index in [1.807, 2.05) is 4.90 Å². The number of nitrogens with zero attached hydrogens (tertiary/aromatic N) is 1. The van der Waals surface area contributed by atoms with Gasteiger partial charge in [-0.05, 0) is 19.3 Å². The Morgan fingerprint density at radius 3 is 3.00 bits per heavy atom. The Hall–Kier alpha value is -1.06. The van der Waals surface area contributed by atoms with Crippen molar-refractivity contribution in [3.63, 3.8) is 0 Å². The SMILES string of the molecule is O=C1C[C@@H]2[C@@H](CCCN3C(=O)CC[C@@H]23)O1. The van der Waals surface area contributed by atoms with Crippen LogP contribution in [-0.4, -0.2) is 35.5 Å². The minimum atomic E-state index is -0.0776. The van der Waals surface area contributed by atoms with Crippen molar-refractivity contribution in [2.75, 3.05) is 6.54 Å². The summed E-state index contributed by atoms with van der Waals surface area (Å²) in [5.41, 5.74) is 0. The molecule has 4 nitrogen and oxygen atoms in total. The van der Waals surface area contributed by atoms with E-state index >= 15 is 0 Å². The summed E-state index contributed by atoms with van der Waals surface area (Å²) >= 11 is 0. The van der Waals surface area contributed by atoms with Gasteiger partial charge in [-0.3, -0.25) is 9.59 Å². The first-order chi connectivity index (χ1) is 7.25. The second-order valence-corrected chi connectivity index (χ2v) is 4.73. The van der Waals surface area contributed by atoms with E-state index in [1.165, 1.54) is 0 Å². The molecule has 0 aliphatic carbocycles. The molecule has 0 radical (unpaired) electrons. The molecular formula is C11H15NO3. The first kappa shape index (κ1) is 9.19. The molecule has 3 atom stereocenters. The van der Waals surface area contributed by atoms with E-state index < -0.39 is 0 Å². The molecule has 3 saturated heterocycles. The number of amides is 1. The molecular weight excluding hydrogens is 194 g/mol. The summed E-state index contributed by atoms with van der Waals surface area (Å²) in [4.78, 5) is 24.9.